The van der Waals surface area contributed by atoms with Crippen LogP contribution in [0.1, 0.15) is 101 Å². The molecule has 0 unspecified atom stereocenters. The van der Waals surface area contributed by atoms with Crippen LogP contribution in [-0.4, -0.2) is 124 Å². The van der Waals surface area contributed by atoms with E-state index in [4.69, 9.17) is 33.1 Å². The Kier molecular flexibility index (Phi) is 15.6. The predicted molar refractivity (Wildman–Crippen MR) is 310 cm³/mol. The van der Waals surface area contributed by atoms with Crippen molar-refractivity contribution in [1.82, 2.24) is 9.55 Å². The smallest absolute Gasteiger partial charge is 0.312 e. The maximum Gasteiger partial charge on any atom is 0.312 e. The second kappa shape index (κ2) is 22.3. The highest BCUT2D eigenvalue weighted by Gasteiger charge is 2.50. The van der Waals surface area contributed by atoms with Gasteiger partial charge in [0.25, 0.3) is 11.7 Å². The maximum absolute atomic E-state index is 16.4. The fourth-order valence-corrected chi connectivity index (χ4v) is 12.1. The number of piperazine rings is 1. The molecular formula is C62H68FN5O16. The number of aromatic nitrogens is 2. The lowest BCUT2D eigenvalue weighted by molar-refractivity contribution is -0.160. The molecule has 5 aliphatic heterocycles. The molecule has 5 N–H and O–H groups in total. The zero-order valence-electron chi connectivity index (χ0n) is 48.5. The number of esters is 1. The molecule has 5 bridgehead atoms. The van der Waals surface area contributed by atoms with Crippen molar-refractivity contribution in [3.63, 3.8) is 0 Å². The number of hydrogen-bond donors (Lipinski definition) is 5. The number of ketones is 2. The molecule has 2 aliphatic carbocycles. The lowest BCUT2D eigenvalue weighted by atomic mass is 9.78. The van der Waals surface area contributed by atoms with E-state index >= 15 is 14.0 Å². The Morgan fingerprint density at radius 1 is 0.881 bits per heavy atom. The van der Waals surface area contributed by atoms with E-state index < -0.39 is 111 Å². The van der Waals surface area contributed by atoms with Gasteiger partial charge in [0.05, 0.1) is 59.1 Å². The number of fused-ring (bicyclic) bond motifs is 15. The van der Waals surface area contributed by atoms with Crippen molar-refractivity contribution in [2.75, 3.05) is 55.5 Å². The van der Waals surface area contributed by atoms with E-state index in [-0.39, 0.29) is 111 Å². The third-order valence-electron chi connectivity index (χ3n) is 17.1. The lowest BCUT2D eigenvalue weighted by Crippen LogP contribution is -2.47. The van der Waals surface area contributed by atoms with Gasteiger partial charge in [-0.1, -0.05) is 45.9 Å². The van der Waals surface area contributed by atoms with Crippen LogP contribution >= 0.6 is 0 Å². The van der Waals surface area contributed by atoms with Crippen molar-refractivity contribution in [3.8, 4) is 34.5 Å². The van der Waals surface area contributed by atoms with Gasteiger partial charge in [-0.3, -0.25) is 28.8 Å². The quantitative estimate of drug-likeness (QED) is 0.0438. The molecule has 4 aromatic rings. The first-order chi connectivity index (χ1) is 39.8. The topological polar surface area (TPSA) is 279 Å². The molecule has 1 aromatic heterocycles. The summed E-state index contributed by atoms with van der Waals surface area (Å²) in [7, 11) is 2.82. The Bertz CT molecular complexity index is 3910. The van der Waals surface area contributed by atoms with Gasteiger partial charge < -0.3 is 68.2 Å². The number of rotatable bonds is 7. The molecule has 22 heteroatoms. The number of amides is 1. The molecule has 1 saturated heterocycles. The summed E-state index contributed by atoms with van der Waals surface area (Å²) in [5, 5.41) is 49.2. The van der Waals surface area contributed by atoms with E-state index in [1.54, 1.807) is 50.8 Å². The SMILES string of the molecule is COc1c(N2CCN(c3cc(O)c4nc5c6c7c8c(C)c(O)c6c(=O)c(c-5oc4c3)NC(=O)/C(C)=C\C=C\[C@H](C)[C@H](O)[C@@H](C)[C@@H](O)[C@@H](C)[C@H](OC(C)=O)[C@H](C)[C@@H](OC)/C=C/O[C@@](C)(O8)C7=O)CC2)c(F)cc2c(=O)c(C(C)=O)cn(C3CC3)c12. The van der Waals surface area contributed by atoms with Gasteiger partial charge in [0, 0.05) is 117 Å². The van der Waals surface area contributed by atoms with Gasteiger partial charge in [-0.05, 0) is 45.8 Å². The Morgan fingerprint density at radius 3 is 2.21 bits per heavy atom. The number of nitrogens with one attached hydrogen (secondary N) is 1. The number of methoxy groups -OCH3 is 2. The number of phenolic OH excluding ortho intramolecular Hbond substituents is 2. The Labute approximate surface area is 481 Å². The van der Waals surface area contributed by atoms with Crippen molar-refractivity contribution in [3.05, 3.63) is 103 Å². The van der Waals surface area contributed by atoms with Crippen LogP contribution in [0.25, 0.3) is 44.2 Å². The number of hydrogen-bond acceptors (Lipinski definition) is 19. The van der Waals surface area contributed by atoms with E-state index in [2.05, 4.69) is 5.32 Å². The number of benzene rings is 4. The minimum absolute atomic E-state index is 0.00436. The number of ether oxygens (including phenoxy) is 5. The number of nitrogens with zero attached hydrogens (tertiary/aromatic N) is 4. The van der Waals surface area contributed by atoms with Gasteiger partial charge in [-0.25, -0.2) is 9.37 Å². The summed E-state index contributed by atoms with van der Waals surface area (Å²) >= 11 is 0. The summed E-state index contributed by atoms with van der Waals surface area (Å²) < 4.78 is 54.7. The van der Waals surface area contributed by atoms with E-state index in [1.165, 1.54) is 79.5 Å². The second-order valence-electron chi connectivity index (χ2n) is 22.7. The summed E-state index contributed by atoms with van der Waals surface area (Å²) in [6, 6.07) is 4.19. The van der Waals surface area contributed by atoms with Gasteiger partial charge >= 0.3 is 11.8 Å². The summed E-state index contributed by atoms with van der Waals surface area (Å²) in [4.78, 5) is 91.5. The van der Waals surface area contributed by atoms with E-state index in [9.17, 15) is 39.6 Å². The van der Waals surface area contributed by atoms with Crippen LogP contribution in [0.3, 0.4) is 0 Å². The van der Waals surface area contributed by atoms with E-state index in [0.29, 0.717) is 11.2 Å². The first-order valence-corrected chi connectivity index (χ1v) is 27.9. The Hall–Kier alpha value is -8.34. The summed E-state index contributed by atoms with van der Waals surface area (Å²) in [6.45, 7) is 14.6. The molecule has 3 aromatic carbocycles. The maximum atomic E-state index is 16.4. The van der Waals surface area contributed by atoms with Crippen LogP contribution in [0, 0.1) is 36.4 Å². The molecule has 0 spiro atoms. The Balaban J connectivity index is 1.08. The predicted octanol–water partition coefficient (Wildman–Crippen LogP) is 7.98. The van der Waals surface area contributed by atoms with Gasteiger partial charge in [-0.2, -0.15) is 0 Å². The van der Waals surface area contributed by atoms with Crippen molar-refractivity contribution in [2.45, 2.75) is 111 Å². The number of carbonyl (C=O) groups excluding carboxylic acids is 4. The molecule has 444 valence electrons. The van der Waals surface area contributed by atoms with Crippen LogP contribution in [-0.2, 0) is 23.8 Å². The van der Waals surface area contributed by atoms with Crippen molar-refractivity contribution < 1.29 is 72.1 Å². The van der Waals surface area contributed by atoms with Crippen LogP contribution in [0.5, 0.6) is 23.0 Å². The summed E-state index contributed by atoms with van der Waals surface area (Å²) in [6.07, 6.45) is 6.30. The van der Waals surface area contributed by atoms with Gasteiger partial charge in [-0.15, -0.1) is 0 Å². The highest BCUT2D eigenvalue weighted by Crippen LogP contribution is 2.51. The number of aromatic hydroxyl groups is 2. The average Bonchev–Trinajstić information content (AvgIpc) is 1.41. The normalized spacial score (nSPS) is 26.7. The van der Waals surface area contributed by atoms with Crippen LogP contribution < -0.4 is 35.4 Å². The first-order valence-electron chi connectivity index (χ1n) is 27.9. The van der Waals surface area contributed by atoms with Crippen LogP contribution in [0.15, 0.2) is 74.5 Å². The third-order valence-corrected chi connectivity index (χ3v) is 17.1. The number of halogens is 1. The second-order valence-corrected chi connectivity index (χ2v) is 22.7. The van der Waals surface area contributed by atoms with Crippen molar-refractivity contribution >= 4 is 73.3 Å². The number of Topliss-reactive ketones (excluding diaryl/α,β-unsaturated/α-hetero) is 2. The molecule has 11 rings (SSSR count). The minimum atomic E-state index is -2.15. The molecule has 1 saturated carbocycles. The number of allylic oxidation sites excluding steroid dienone is 2. The number of aliphatic hydroxyl groups excluding tert-OH is 2. The molecule has 21 nitrogen and oxygen atoms in total. The van der Waals surface area contributed by atoms with Gasteiger partial charge in [0.1, 0.15) is 45.9 Å². The third kappa shape index (κ3) is 10.1. The van der Waals surface area contributed by atoms with Gasteiger partial charge in [0.15, 0.2) is 34.1 Å². The summed E-state index contributed by atoms with van der Waals surface area (Å²) in [5.74, 6) is -9.57. The number of phenols is 2. The molecule has 2 fully saturated rings. The highest BCUT2D eigenvalue weighted by atomic mass is 19.1. The number of carbonyl (C=O) groups is 4. The molecule has 1 amide bonds. The number of aliphatic hydroxyl groups is 2. The monoisotopic (exact) mass is 1160 g/mol. The molecule has 9 atom stereocenters. The molecule has 0 radical (unpaired) electrons. The molecule has 6 heterocycles. The zero-order chi connectivity index (χ0) is 60.7. The fourth-order valence-electron chi connectivity index (χ4n) is 12.1. The largest absolute Gasteiger partial charge is 0.507 e. The van der Waals surface area contributed by atoms with Crippen molar-refractivity contribution in [2.24, 2.45) is 23.7 Å². The highest BCUT2D eigenvalue weighted by molar-refractivity contribution is 6.22. The fraction of sp³-hybridized carbons (Fsp3) is 0.435. The Morgan fingerprint density at radius 2 is 1.57 bits per heavy atom. The number of anilines is 3. The van der Waals surface area contributed by atoms with Crippen LogP contribution in [0.2, 0.25) is 0 Å². The molecular weight excluding hydrogens is 1090 g/mol. The number of pyridine rings is 1. The standard InChI is InChI=1S/C62H68FN5O16/c1-27-13-12-14-28(2)61(78)65-48-55(76)44-43(45-57(32(6)53(44)74)84-62(9,60(45)77)81-22-17-41(79-10)29(3)56(82-34(8)70)31(5)52(73)30(4)51(27)72)47-58(48)83-42-24-36(23-40(71)46(42)64-47)66-18-20-67(21-19-66)50-39(63)25-37-49(59(50)80-11)68(35-15-16-35)26-38(33(7)69)54(37)75/h12-14,17,22-27,29-31,35,41,51-52,56,71-74H,15-16,18-21H2,1-11H3,(H,65,78)/b13-12+,22-17+,28-14-/t27-,29+,30+,31+,41-,51-,52+,56+,62-/m0/s1. The first kappa shape index (κ1) is 58.8. The van der Waals surface area contributed by atoms with Gasteiger partial charge in [0.2, 0.25) is 5.43 Å². The molecule has 84 heavy (non-hydrogen) atoms. The van der Waals surface area contributed by atoms with E-state index in [1.807, 2.05) is 9.47 Å². The van der Waals surface area contributed by atoms with Crippen LogP contribution in [0.4, 0.5) is 21.5 Å². The molecule has 7 aliphatic rings. The van der Waals surface area contributed by atoms with E-state index in [0.717, 1.165) is 18.9 Å². The minimum Gasteiger partial charge on any atom is -0.507 e. The average molecular weight is 1160 g/mol. The van der Waals surface area contributed by atoms with Crippen molar-refractivity contribution in [1.29, 1.82) is 0 Å². The lowest BCUT2D eigenvalue weighted by Gasteiger charge is -2.38. The summed E-state index contributed by atoms with van der Waals surface area (Å²) in [5.41, 5.74) is -1.65. The zero-order valence-corrected chi connectivity index (χ0v) is 48.5.